The van der Waals surface area contributed by atoms with Crippen molar-refractivity contribution in [2.24, 2.45) is 0 Å². The maximum Gasteiger partial charge on any atom is 0.414 e. The van der Waals surface area contributed by atoms with Crippen LogP contribution in [0.5, 0.6) is 0 Å². The van der Waals surface area contributed by atoms with Gasteiger partial charge in [-0.05, 0) is 30.2 Å². The molecule has 1 heterocycles. The molecule has 0 bridgehead atoms. The predicted molar refractivity (Wildman–Crippen MR) is 75.4 cm³/mol. The van der Waals surface area contributed by atoms with Gasteiger partial charge in [0.15, 0.2) is 5.78 Å². The molecule has 1 aromatic carbocycles. The lowest BCUT2D eigenvalue weighted by Crippen LogP contribution is -2.33. The van der Waals surface area contributed by atoms with Gasteiger partial charge >= 0.3 is 6.09 Å². The summed E-state index contributed by atoms with van der Waals surface area (Å²) in [6.07, 6.45) is 0.486. The zero-order valence-corrected chi connectivity index (χ0v) is 11.7. The molecule has 1 fully saturated rings. The van der Waals surface area contributed by atoms with Gasteiger partial charge < -0.3 is 10.1 Å². The quantitative estimate of drug-likeness (QED) is 0.909. The number of benzene rings is 1. The molecule has 1 aliphatic heterocycles. The largest absolute Gasteiger partial charge is 0.442 e. The zero-order chi connectivity index (χ0) is 15.0. The van der Waals surface area contributed by atoms with Crippen molar-refractivity contribution in [3.05, 3.63) is 29.3 Å². The van der Waals surface area contributed by atoms with E-state index in [1.807, 2.05) is 6.07 Å². The minimum absolute atomic E-state index is 0.152. The van der Waals surface area contributed by atoms with E-state index in [-0.39, 0.29) is 17.8 Å². The lowest BCUT2D eigenvalue weighted by Gasteiger charge is -2.14. The number of hydrogen-bond acceptors (Lipinski definition) is 4. The number of anilines is 1. The molecule has 1 aromatic rings. The van der Waals surface area contributed by atoms with Crippen molar-refractivity contribution in [2.75, 3.05) is 18.0 Å². The van der Waals surface area contributed by atoms with Gasteiger partial charge in [0, 0.05) is 24.6 Å². The van der Waals surface area contributed by atoms with Crippen molar-refractivity contribution < 1.29 is 19.1 Å². The molecule has 1 aliphatic carbocycles. The molecular formula is C15H16N2O4. The number of ether oxygens (including phenoxy) is 1. The number of aryl methyl sites for hydroxylation is 1. The first-order valence-electron chi connectivity index (χ1n) is 6.93. The van der Waals surface area contributed by atoms with Gasteiger partial charge in [-0.1, -0.05) is 0 Å². The third-order valence-electron chi connectivity index (χ3n) is 3.78. The summed E-state index contributed by atoms with van der Waals surface area (Å²) in [5.74, 6) is 0.00428. The monoisotopic (exact) mass is 288 g/mol. The predicted octanol–water partition coefficient (Wildman–Crippen LogP) is 1.28. The third-order valence-corrected chi connectivity index (χ3v) is 3.78. The molecule has 2 amide bonds. The second-order valence-electron chi connectivity index (χ2n) is 5.32. The molecule has 6 nitrogen and oxygen atoms in total. The molecule has 0 spiro atoms. The van der Waals surface area contributed by atoms with Gasteiger partial charge in [-0.3, -0.25) is 14.5 Å². The summed E-state index contributed by atoms with van der Waals surface area (Å²) < 4.78 is 5.22. The normalized spacial score (nSPS) is 20.4. The lowest BCUT2D eigenvalue weighted by molar-refractivity contribution is -0.119. The van der Waals surface area contributed by atoms with E-state index in [9.17, 15) is 14.4 Å². The van der Waals surface area contributed by atoms with Crippen LogP contribution in [0.2, 0.25) is 0 Å². The first-order chi connectivity index (χ1) is 10.0. The third kappa shape index (κ3) is 2.61. The summed E-state index contributed by atoms with van der Waals surface area (Å²) in [6.45, 7) is 2.12. The summed E-state index contributed by atoms with van der Waals surface area (Å²) >= 11 is 0. The van der Waals surface area contributed by atoms with E-state index in [0.29, 0.717) is 19.5 Å². The Labute approximate surface area is 122 Å². The Morgan fingerprint density at radius 1 is 1.38 bits per heavy atom. The van der Waals surface area contributed by atoms with E-state index in [0.717, 1.165) is 23.2 Å². The van der Waals surface area contributed by atoms with E-state index in [1.54, 1.807) is 12.1 Å². The van der Waals surface area contributed by atoms with Crippen LogP contribution >= 0.6 is 0 Å². The van der Waals surface area contributed by atoms with Crippen LogP contribution in [0.1, 0.15) is 29.3 Å². The number of fused-ring (bicyclic) bond motifs is 1. The Kier molecular flexibility index (Phi) is 3.37. The summed E-state index contributed by atoms with van der Waals surface area (Å²) in [4.78, 5) is 36.0. The van der Waals surface area contributed by atoms with Gasteiger partial charge in [-0.25, -0.2) is 4.79 Å². The molecule has 21 heavy (non-hydrogen) atoms. The molecule has 0 aromatic heterocycles. The number of carbonyl (C=O) groups is 3. The van der Waals surface area contributed by atoms with Gasteiger partial charge in [0.05, 0.1) is 13.1 Å². The molecule has 1 saturated heterocycles. The van der Waals surface area contributed by atoms with E-state index in [4.69, 9.17) is 4.74 Å². The summed E-state index contributed by atoms with van der Waals surface area (Å²) in [5.41, 5.74) is 2.47. The molecule has 6 heteroatoms. The molecule has 1 atom stereocenters. The zero-order valence-electron chi connectivity index (χ0n) is 11.7. The van der Waals surface area contributed by atoms with Crippen LogP contribution in [0.4, 0.5) is 10.5 Å². The van der Waals surface area contributed by atoms with Gasteiger partial charge in [-0.2, -0.15) is 0 Å². The molecule has 110 valence electrons. The van der Waals surface area contributed by atoms with Gasteiger partial charge in [0.25, 0.3) is 0 Å². The molecule has 2 aliphatic rings. The summed E-state index contributed by atoms with van der Waals surface area (Å²) in [5, 5.41) is 2.64. The highest BCUT2D eigenvalue weighted by atomic mass is 16.6. The number of carbonyl (C=O) groups excluding carboxylic acids is 3. The second kappa shape index (κ2) is 5.20. The fourth-order valence-electron chi connectivity index (χ4n) is 2.71. The highest BCUT2D eigenvalue weighted by molar-refractivity contribution is 6.01. The first kappa shape index (κ1) is 13.6. The number of nitrogens with zero attached hydrogens (tertiary/aromatic N) is 1. The maximum absolute atomic E-state index is 11.9. The van der Waals surface area contributed by atoms with E-state index in [2.05, 4.69) is 5.32 Å². The number of hydrogen-bond donors (Lipinski definition) is 1. The number of Topliss-reactive ketones (excluding diaryl/α,β-unsaturated/α-hetero) is 1. The van der Waals surface area contributed by atoms with Gasteiger partial charge in [-0.15, -0.1) is 0 Å². The van der Waals surface area contributed by atoms with Crippen LogP contribution in [0, 0.1) is 0 Å². The molecule has 1 N–H and O–H groups in total. The number of nitrogens with one attached hydrogen (secondary N) is 1. The number of rotatable bonds is 3. The fraction of sp³-hybridized carbons (Fsp3) is 0.400. The topological polar surface area (TPSA) is 75.7 Å². The molecule has 3 rings (SSSR count). The van der Waals surface area contributed by atoms with Crippen molar-refractivity contribution in [3.63, 3.8) is 0 Å². The minimum atomic E-state index is -0.422. The smallest absolute Gasteiger partial charge is 0.414 e. The first-order valence-corrected chi connectivity index (χ1v) is 6.93. The van der Waals surface area contributed by atoms with Crippen LogP contribution in [-0.4, -0.2) is 37.0 Å². The van der Waals surface area contributed by atoms with Crippen LogP contribution in [0.3, 0.4) is 0 Å². The number of ketones is 1. The van der Waals surface area contributed by atoms with Crippen LogP contribution in [0.15, 0.2) is 18.2 Å². The molecule has 0 saturated carbocycles. The Morgan fingerprint density at radius 2 is 2.19 bits per heavy atom. The van der Waals surface area contributed by atoms with Crippen molar-refractivity contribution in [3.8, 4) is 0 Å². The summed E-state index contributed by atoms with van der Waals surface area (Å²) in [7, 11) is 0. The van der Waals surface area contributed by atoms with E-state index < -0.39 is 6.09 Å². The van der Waals surface area contributed by atoms with Gasteiger partial charge in [0.2, 0.25) is 5.91 Å². The summed E-state index contributed by atoms with van der Waals surface area (Å²) in [6, 6.07) is 5.42. The molecule has 0 unspecified atom stereocenters. The van der Waals surface area contributed by atoms with Crippen molar-refractivity contribution in [2.45, 2.75) is 25.9 Å². The van der Waals surface area contributed by atoms with Crippen molar-refractivity contribution >= 4 is 23.5 Å². The SMILES string of the molecule is CC(=O)NC[C@H]1CN(c2ccc3c(c2)CCC3=O)C(=O)O1. The van der Waals surface area contributed by atoms with Crippen LogP contribution in [0.25, 0.3) is 0 Å². The van der Waals surface area contributed by atoms with Crippen molar-refractivity contribution in [1.29, 1.82) is 0 Å². The van der Waals surface area contributed by atoms with Crippen LogP contribution < -0.4 is 10.2 Å². The standard InChI is InChI=1S/C15H16N2O4/c1-9(18)16-7-12-8-17(15(20)21-12)11-3-4-13-10(6-11)2-5-14(13)19/h3-4,6,12H,2,5,7-8H2,1H3,(H,16,18)/t12-/m0/s1. The highest BCUT2D eigenvalue weighted by Crippen LogP contribution is 2.29. The average Bonchev–Trinajstić information content (AvgIpc) is 3.00. The highest BCUT2D eigenvalue weighted by Gasteiger charge is 2.33. The Balaban J connectivity index is 1.74. The lowest BCUT2D eigenvalue weighted by atomic mass is 10.1. The van der Waals surface area contributed by atoms with E-state index in [1.165, 1.54) is 11.8 Å². The van der Waals surface area contributed by atoms with Crippen LogP contribution in [-0.2, 0) is 16.0 Å². The molecule has 0 radical (unpaired) electrons. The molecular weight excluding hydrogens is 272 g/mol. The second-order valence-corrected chi connectivity index (χ2v) is 5.32. The Bertz CT molecular complexity index is 626. The van der Waals surface area contributed by atoms with E-state index >= 15 is 0 Å². The van der Waals surface area contributed by atoms with Gasteiger partial charge in [0.1, 0.15) is 6.10 Å². The minimum Gasteiger partial charge on any atom is -0.442 e. The average molecular weight is 288 g/mol. The fourth-order valence-corrected chi connectivity index (χ4v) is 2.71. The maximum atomic E-state index is 11.9. The number of amides is 2. The number of cyclic esters (lactones) is 1. The van der Waals surface area contributed by atoms with Crippen molar-refractivity contribution in [1.82, 2.24) is 5.32 Å². The Hall–Kier alpha value is -2.37. The Morgan fingerprint density at radius 3 is 2.95 bits per heavy atom.